The summed E-state index contributed by atoms with van der Waals surface area (Å²) in [5.74, 6) is 1.77. The van der Waals surface area contributed by atoms with Crippen molar-refractivity contribution in [2.45, 2.75) is 38.5 Å². The van der Waals surface area contributed by atoms with Gasteiger partial charge in [0.1, 0.15) is 5.82 Å². The number of nitrogens with zero attached hydrogens (tertiary/aromatic N) is 6. The molecule has 35 heavy (non-hydrogen) atoms. The molecule has 184 valence electrons. The van der Waals surface area contributed by atoms with Crippen LogP contribution >= 0.6 is 11.6 Å². The van der Waals surface area contributed by atoms with E-state index >= 15 is 0 Å². The molecule has 0 bridgehead atoms. The lowest BCUT2D eigenvalue weighted by atomic mass is 10.1. The van der Waals surface area contributed by atoms with Gasteiger partial charge in [-0.05, 0) is 38.4 Å². The van der Waals surface area contributed by atoms with E-state index in [1.807, 2.05) is 19.1 Å². The number of amides is 1. The number of benzene rings is 1. The van der Waals surface area contributed by atoms with Crippen molar-refractivity contribution in [2.75, 3.05) is 48.8 Å². The predicted molar refractivity (Wildman–Crippen MR) is 135 cm³/mol. The van der Waals surface area contributed by atoms with Crippen LogP contribution in [0.3, 0.4) is 0 Å². The molecule has 0 radical (unpaired) electrons. The van der Waals surface area contributed by atoms with Crippen LogP contribution in [-0.4, -0.2) is 64.0 Å². The predicted octanol–water partition coefficient (Wildman–Crippen LogP) is 4.23. The number of aryl methyl sites for hydroxylation is 1. The van der Waals surface area contributed by atoms with Crippen LogP contribution in [0, 0.1) is 6.92 Å². The second-order valence-corrected chi connectivity index (χ2v) is 9.54. The average Bonchev–Trinajstić information content (AvgIpc) is 3.54. The van der Waals surface area contributed by atoms with Crippen LogP contribution in [0.2, 0.25) is 5.02 Å². The molecule has 0 unspecified atom stereocenters. The van der Waals surface area contributed by atoms with Crippen molar-refractivity contribution in [1.29, 1.82) is 0 Å². The summed E-state index contributed by atoms with van der Waals surface area (Å²) in [7, 11) is 2.12. The van der Waals surface area contributed by atoms with Gasteiger partial charge < -0.3 is 19.5 Å². The molecule has 2 N–H and O–H groups in total. The molecule has 10 nitrogen and oxygen atoms in total. The molecule has 3 aromatic rings. The molecule has 0 spiro atoms. The summed E-state index contributed by atoms with van der Waals surface area (Å²) in [6.45, 7) is 5.49. The van der Waals surface area contributed by atoms with Crippen molar-refractivity contribution in [1.82, 2.24) is 24.8 Å². The summed E-state index contributed by atoms with van der Waals surface area (Å²) in [5, 5.41) is 6.28. The molecule has 1 aromatic carbocycles. The monoisotopic (exact) mass is 496 g/mol. The van der Waals surface area contributed by atoms with Crippen molar-refractivity contribution in [3.05, 3.63) is 46.6 Å². The number of carbonyl (C=O) groups excluding carboxylic acids is 1. The maximum atomic E-state index is 12.7. The third kappa shape index (κ3) is 5.38. The molecule has 1 aliphatic heterocycles. The van der Waals surface area contributed by atoms with E-state index in [2.05, 4.69) is 42.4 Å². The Hall–Kier alpha value is -3.24. The van der Waals surface area contributed by atoms with Gasteiger partial charge in [-0.1, -0.05) is 36.6 Å². The zero-order chi connectivity index (χ0) is 24.4. The summed E-state index contributed by atoms with van der Waals surface area (Å²) in [6.07, 6.45) is 5.90. The fourth-order valence-corrected chi connectivity index (χ4v) is 4.72. The highest BCUT2D eigenvalue weighted by Crippen LogP contribution is 2.33. The zero-order valence-corrected chi connectivity index (χ0v) is 20.7. The number of oxazole rings is 1. The van der Waals surface area contributed by atoms with E-state index in [1.54, 1.807) is 6.07 Å². The number of likely N-dealkylation sites (N-methyl/N-ethyl adjacent to an activating group) is 1. The molecule has 2 aromatic heterocycles. The summed E-state index contributed by atoms with van der Waals surface area (Å²) < 4.78 is 5.67. The van der Waals surface area contributed by atoms with Gasteiger partial charge in [0.2, 0.25) is 17.7 Å². The smallest absolute Gasteiger partial charge is 0.302 e. The SMILES string of the molecule is Cc1cccc(Cl)c1NC(=O)c1cnc(Nc2nc(C3CCCC3)nc(N3CCN(C)CC3)n2)o1. The molecule has 1 aliphatic carbocycles. The van der Waals surface area contributed by atoms with E-state index < -0.39 is 5.91 Å². The van der Waals surface area contributed by atoms with Gasteiger partial charge >= 0.3 is 6.01 Å². The number of para-hydroxylation sites is 1. The molecule has 3 heterocycles. The fraction of sp³-hybridized carbons (Fsp3) is 0.458. The molecular formula is C24H29ClN8O2. The van der Waals surface area contributed by atoms with Gasteiger partial charge in [0.25, 0.3) is 5.91 Å². The number of halogens is 1. The number of anilines is 4. The van der Waals surface area contributed by atoms with E-state index in [0.717, 1.165) is 50.4 Å². The number of rotatable bonds is 6. The Balaban J connectivity index is 1.35. The Labute approximate surface area is 209 Å². The first-order valence-electron chi connectivity index (χ1n) is 11.9. The third-order valence-corrected chi connectivity index (χ3v) is 6.87. The first kappa shape index (κ1) is 23.5. The highest BCUT2D eigenvalue weighted by atomic mass is 35.5. The number of hydrogen-bond acceptors (Lipinski definition) is 9. The van der Waals surface area contributed by atoms with E-state index in [9.17, 15) is 4.79 Å². The van der Waals surface area contributed by atoms with E-state index in [4.69, 9.17) is 21.0 Å². The Kier molecular flexibility index (Phi) is 6.83. The second-order valence-electron chi connectivity index (χ2n) is 9.13. The molecule has 11 heteroatoms. The molecule has 5 rings (SSSR count). The number of piperazine rings is 1. The van der Waals surface area contributed by atoms with E-state index in [-0.39, 0.29) is 11.8 Å². The summed E-state index contributed by atoms with van der Waals surface area (Å²) >= 11 is 6.23. The summed E-state index contributed by atoms with van der Waals surface area (Å²) in [4.78, 5) is 35.5. The van der Waals surface area contributed by atoms with Crippen LogP contribution in [0.15, 0.2) is 28.8 Å². The largest absolute Gasteiger partial charge is 0.418 e. The van der Waals surface area contributed by atoms with E-state index in [1.165, 1.54) is 19.0 Å². The zero-order valence-electron chi connectivity index (χ0n) is 19.9. The maximum Gasteiger partial charge on any atom is 0.302 e. The van der Waals surface area contributed by atoms with Crippen LogP contribution in [0.1, 0.15) is 53.5 Å². The molecular weight excluding hydrogens is 468 g/mol. The van der Waals surface area contributed by atoms with Crippen LogP contribution in [0.25, 0.3) is 0 Å². The number of nitrogens with one attached hydrogen (secondary N) is 2. The molecule has 1 saturated carbocycles. The fourth-order valence-electron chi connectivity index (χ4n) is 4.45. The lowest BCUT2D eigenvalue weighted by Crippen LogP contribution is -2.45. The van der Waals surface area contributed by atoms with Gasteiger partial charge in [0.05, 0.1) is 16.9 Å². The number of carbonyl (C=O) groups is 1. The highest BCUT2D eigenvalue weighted by Gasteiger charge is 2.25. The first-order valence-corrected chi connectivity index (χ1v) is 12.3. The third-order valence-electron chi connectivity index (χ3n) is 6.56. The topological polar surface area (TPSA) is 112 Å². The molecule has 2 aliphatic rings. The van der Waals surface area contributed by atoms with Gasteiger partial charge in [-0.2, -0.15) is 15.0 Å². The van der Waals surface area contributed by atoms with Crippen molar-refractivity contribution in [3.8, 4) is 0 Å². The standard InChI is InChI=1S/C24H29ClN8O2/c1-15-6-5-9-17(25)19(15)27-21(34)18-14-26-24(35-18)31-22-28-20(16-7-3-4-8-16)29-23(30-22)33-12-10-32(2)11-13-33/h5-6,9,14,16H,3-4,7-8,10-13H2,1-2H3,(H,27,34)(H,26,28,29,30,31). The highest BCUT2D eigenvalue weighted by molar-refractivity contribution is 6.34. The minimum Gasteiger partial charge on any atom is -0.418 e. The Morgan fingerprint density at radius 1 is 1.11 bits per heavy atom. The Morgan fingerprint density at radius 2 is 1.89 bits per heavy atom. The lowest BCUT2D eigenvalue weighted by molar-refractivity contribution is 0.0997. The number of aromatic nitrogens is 4. The average molecular weight is 497 g/mol. The normalized spacial score (nSPS) is 17.1. The molecule has 1 amide bonds. The van der Waals surface area contributed by atoms with Crippen molar-refractivity contribution in [3.63, 3.8) is 0 Å². The van der Waals surface area contributed by atoms with E-state index in [0.29, 0.717) is 28.5 Å². The first-order chi connectivity index (χ1) is 17.0. The van der Waals surface area contributed by atoms with Crippen molar-refractivity contribution >= 4 is 41.1 Å². The van der Waals surface area contributed by atoms with Gasteiger partial charge in [-0.15, -0.1) is 0 Å². The minimum atomic E-state index is -0.442. The maximum absolute atomic E-state index is 12.7. The van der Waals surface area contributed by atoms with Gasteiger partial charge in [0.15, 0.2) is 0 Å². The molecule has 2 fully saturated rings. The van der Waals surface area contributed by atoms with Crippen molar-refractivity contribution < 1.29 is 9.21 Å². The molecule has 1 saturated heterocycles. The Bertz CT molecular complexity index is 1180. The summed E-state index contributed by atoms with van der Waals surface area (Å²) in [6, 6.07) is 5.56. The van der Waals surface area contributed by atoms with Crippen molar-refractivity contribution in [2.24, 2.45) is 0 Å². The quantitative estimate of drug-likeness (QED) is 0.517. The molecule has 0 atom stereocenters. The minimum absolute atomic E-state index is 0.0520. The van der Waals surface area contributed by atoms with Gasteiger partial charge in [-0.25, -0.2) is 4.98 Å². The summed E-state index contributed by atoms with van der Waals surface area (Å²) in [5.41, 5.74) is 1.39. The van der Waals surface area contributed by atoms with Gasteiger partial charge in [0, 0.05) is 32.1 Å². The van der Waals surface area contributed by atoms with Gasteiger partial charge in [-0.3, -0.25) is 10.1 Å². The van der Waals surface area contributed by atoms with Crippen LogP contribution in [-0.2, 0) is 0 Å². The number of hydrogen-bond donors (Lipinski definition) is 2. The van der Waals surface area contributed by atoms with Crippen LogP contribution in [0.5, 0.6) is 0 Å². The second kappa shape index (κ2) is 10.2. The van der Waals surface area contributed by atoms with Crippen LogP contribution < -0.4 is 15.5 Å². The Morgan fingerprint density at radius 3 is 2.63 bits per heavy atom. The van der Waals surface area contributed by atoms with Crippen LogP contribution in [0.4, 0.5) is 23.6 Å². The lowest BCUT2D eigenvalue weighted by Gasteiger charge is -2.32.